The van der Waals surface area contributed by atoms with Gasteiger partial charge in [-0.1, -0.05) is 11.6 Å². The first kappa shape index (κ1) is 22.9. The average Bonchev–Trinajstić information content (AvgIpc) is 3.07. The third-order valence-corrected chi connectivity index (χ3v) is 5.55. The number of nitro groups is 1. The van der Waals surface area contributed by atoms with Crippen LogP contribution < -0.4 is 10.1 Å². The van der Waals surface area contributed by atoms with E-state index in [9.17, 15) is 14.9 Å². The lowest BCUT2D eigenvalue weighted by Crippen LogP contribution is -2.12. The molecule has 11 heteroatoms. The van der Waals surface area contributed by atoms with Gasteiger partial charge in [0, 0.05) is 29.6 Å². The zero-order valence-electron chi connectivity index (χ0n) is 18.4. The van der Waals surface area contributed by atoms with E-state index in [0.717, 1.165) is 23.0 Å². The van der Waals surface area contributed by atoms with Gasteiger partial charge >= 0.3 is 0 Å². The number of nitrogens with one attached hydrogen (secondary N) is 1. The molecule has 1 amide bonds. The summed E-state index contributed by atoms with van der Waals surface area (Å²) >= 11 is 6.02. The van der Waals surface area contributed by atoms with Crippen molar-refractivity contribution in [3.05, 3.63) is 92.5 Å². The molecular formula is C23H19ClN6O4. The Bertz CT molecular complexity index is 1400. The van der Waals surface area contributed by atoms with Gasteiger partial charge in [0.15, 0.2) is 5.82 Å². The molecule has 0 unspecified atom stereocenters. The number of carbonyl (C=O) groups excluding carboxylic acids is 1. The Kier molecular flexibility index (Phi) is 6.24. The molecule has 0 saturated carbocycles. The van der Waals surface area contributed by atoms with E-state index < -0.39 is 10.8 Å². The van der Waals surface area contributed by atoms with Gasteiger partial charge < -0.3 is 10.1 Å². The lowest BCUT2D eigenvalue weighted by atomic mass is 10.2. The summed E-state index contributed by atoms with van der Waals surface area (Å²) in [5.74, 6) is 0.932. The van der Waals surface area contributed by atoms with Crippen LogP contribution in [0.4, 0.5) is 11.4 Å². The molecule has 0 bridgehead atoms. The first-order valence-electron chi connectivity index (χ1n) is 10.1. The first-order chi connectivity index (χ1) is 16.2. The molecule has 4 rings (SSSR count). The van der Waals surface area contributed by atoms with Crippen LogP contribution >= 0.6 is 11.6 Å². The maximum atomic E-state index is 12.5. The number of rotatable bonds is 6. The largest absolute Gasteiger partial charge is 0.439 e. The number of nitrogens with zero attached hydrogens (tertiary/aromatic N) is 5. The second-order valence-electron chi connectivity index (χ2n) is 7.42. The fourth-order valence-electron chi connectivity index (χ4n) is 3.17. The normalized spacial score (nSPS) is 10.7. The molecule has 2 heterocycles. The number of nitro benzene ring substituents is 1. The van der Waals surface area contributed by atoms with Crippen molar-refractivity contribution in [3.63, 3.8) is 0 Å². The Labute approximate surface area is 199 Å². The fourth-order valence-corrected chi connectivity index (χ4v) is 3.43. The molecule has 2 aromatic carbocycles. The summed E-state index contributed by atoms with van der Waals surface area (Å²) in [6.07, 6.45) is 1.40. The number of non-ortho nitro benzene ring substituents is 1. The van der Waals surface area contributed by atoms with E-state index in [1.807, 2.05) is 20.8 Å². The highest BCUT2D eigenvalue weighted by Gasteiger charge is 2.15. The standard InChI is InChI=1S/C23H19ClN6O4/c1-13-14(2)28-29(15(13)3)21-11-22(26-12-25-21)34-18-7-4-16(5-8-18)27-23(31)19-9-6-17(30(32)33)10-20(19)24/h4-12H,1-3H3,(H,27,31). The minimum absolute atomic E-state index is 0.0102. The molecule has 0 saturated heterocycles. The zero-order valence-corrected chi connectivity index (χ0v) is 19.2. The monoisotopic (exact) mass is 478 g/mol. The summed E-state index contributed by atoms with van der Waals surface area (Å²) in [6.45, 7) is 5.91. The Morgan fingerprint density at radius 2 is 1.82 bits per heavy atom. The van der Waals surface area contributed by atoms with E-state index in [4.69, 9.17) is 16.3 Å². The van der Waals surface area contributed by atoms with Crippen LogP contribution in [-0.2, 0) is 0 Å². The van der Waals surface area contributed by atoms with Crippen molar-refractivity contribution in [2.45, 2.75) is 20.8 Å². The third-order valence-electron chi connectivity index (χ3n) is 5.24. The van der Waals surface area contributed by atoms with Crippen LogP contribution in [0.1, 0.15) is 27.3 Å². The molecule has 0 spiro atoms. The molecule has 10 nitrogen and oxygen atoms in total. The molecule has 172 valence electrons. The van der Waals surface area contributed by atoms with Crippen molar-refractivity contribution >= 4 is 28.9 Å². The summed E-state index contributed by atoms with van der Waals surface area (Å²) in [6, 6.07) is 12.0. The number of ether oxygens (including phenoxy) is 1. The predicted molar refractivity (Wildman–Crippen MR) is 126 cm³/mol. The molecule has 0 aliphatic rings. The van der Waals surface area contributed by atoms with Gasteiger partial charge in [-0.25, -0.2) is 14.6 Å². The number of hydrogen-bond acceptors (Lipinski definition) is 7. The van der Waals surface area contributed by atoms with Crippen LogP contribution in [0, 0.1) is 30.9 Å². The van der Waals surface area contributed by atoms with Crippen LogP contribution in [0.15, 0.2) is 54.9 Å². The minimum Gasteiger partial charge on any atom is -0.439 e. The summed E-state index contributed by atoms with van der Waals surface area (Å²) in [5, 5.41) is 18.0. The Balaban J connectivity index is 1.46. The van der Waals surface area contributed by atoms with Crippen LogP contribution in [-0.4, -0.2) is 30.6 Å². The molecule has 1 N–H and O–H groups in total. The molecule has 0 aliphatic carbocycles. The van der Waals surface area contributed by atoms with Crippen molar-refractivity contribution < 1.29 is 14.5 Å². The van der Waals surface area contributed by atoms with E-state index >= 15 is 0 Å². The molecule has 0 aliphatic heterocycles. The van der Waals surface area contributed by atoms with Gasteiger partial charge in [-0.2, -0.15) is 5.10 Å². The van der Waals surface area contributed by atoms with Gasteiger partial charge in [0.2, 0.25) is 5.88 Å². The van der Waals surface area contributed by atoms with Gasteiger partial charge in [0.25, 0.3) is 11.6 Å². The number of halogens is 1. The summed E-state index contributed by atoms with van der Waals surface area (Å²) < 4.78 is 7.56. The second kappa shape index (κ2) is 9.28. The topological polar surface area (TPSA) is 125 Å². The average molecular weight is 479 g/mol. The lowest BCUT2D eigenvalue weighted by molar-refractivity contribution is -0.384. The third kappa shape index (κ3) is 4.71. The maximum Gasteiger partial charge on any atom is 0.270 e. The van der Waals surface area contributed by atoms with Crippen LogP contribution in [0.25, 0.3) is 5.82 Å². The van der Waals surface area contributed by atoms with Gasteiger partial charge in [-0.3, -0.25) is 14.9 Å². The highest BCUT2D eigenvalue weighted by molar-refractivity contribution is 6.34. The zero-order chi connectivity index (χ0) is 24.4. The highest BCUT2D eigenvalue weighted by atomic mass is 35.5. The Morgan fingerprint density at radius 1 is 1.09 bits per heavy atom. The number of anilines is 1. The van der Waals surface area contributed by atoms with Gasteiger partial charge in [0.05, 0.1) is 21.2 Å². The second-order valence-corrected chi connectivity index (χ2v) is 7.83. The SMILES string of the molecule is Cc1nn(-c2cc(Oc3ccc(NC(=O)c4ccc([N+](=O)[O-])cc4Cl)cc3)ncn2)c(C)c1C. The molecule has 4 aromatic rings. The highest BCUT2D eigenvalue weighted by Crippen LogP contribution is 2.26. The molecular weight excluding hydrogens is 460 g/mol. The van der Waals surface area contributed by atoms with E-state index in [0.29, 0.717) is 23.1 Å². The number of carbonyl (C=O) groups is 1. The molecule has 34 heavy (non-hydrogen) atoms. The van der Waals surface area contributed by atoms with Crippen LogP contribution in [0.3, 0.4) is 0 Å². The molecule has 0 atom stereocenters. The van der Waals surface area contributed by atoms with E-state index in [2.05, 4.69) is 20.4 Å². The van der Waals surface area contributed by atoms with E-state index in [-0.39, 0.29) is 16.3 Å². The minimum atomic E-state index is -0.578. The number of amides is 1. The molecule has 0 fully saturated rings. The number of aromatic nitrogens is 4. The van der Waals surface area contributed by atoms with Crippen molar-refractivity contribution in [2.75, 3.05) is 5.32 Å². The van der Waals surface area contributed by atoms with Crippen LogP contribution in [0.5, 0.6) is 11.6 Å². The van der Waals surface area contributed by atoms with Crippen molar-refractivity contribution in [1.29, 1.82) is 0 Å². The van der Waals surface area contributed by atoms with E-state index in [1.165, 1.54) is 18.5 Å². The van der Waals surface area contributed by atoms with Crippen molar-refractivity contribution in [2.24, 2.45) is 0 Å². The van der Waals surface area contributed by atoms with Crippen molar-refractivity contribution in [1.82, 2.24) is 19.7 Å². The van der Waals surface area contributed by atoms with Gasteiger partial charge in [-0.05, 0) is 56.7 Å². The van der Waals surface area contributed by atoms with E-state index in [1.54, 1.807) is 35.0 Å². The quantitative estimate of drug-likeness (QED) is 0.298. The van der Waals surface area contributed by atoms with Gasteiger partial charge in [0.1, 0.15) is 12.1 Å². The Hall–Kier alpha value is -4.31. The molecule has 2 aromatic heterocycles. The lowest BCUT2D eigenvalue weighted by Gasteiger charge is -2.09. The summed E-state index contributed by atoms with van der Waals surface area (Å²) in [5.41, 5.74) is 3.42. The van der Waals surface area contributed by atoms with Crippen LogP contribution in [0.2, 0.25) is 5.02 Å². The number of aryl methyl sites for hydroxylation is 1. The summed E-state index contributed by atoms with van der Waals surface area (Å²) in [4.78, 5) is 31.2. The number of hydrogen-bond donors (Lipinski definition) is 1. The maximum absolute atomic E-state index is 12.5. The first-order valence-corrected chi connectivity index (χ1v) is 10.5. The van der Waals surface area contributed by atoms with Crippen molar-refractivity contribution in [3.8, 4) is 17.4 Å². The predicted octanol–water partition coefficient (Wildman–Crippen LogP) is 5.19. The fraction of sp³-hybridized carbons (Fsp3) is 0.130. The number of benzene rings is 2. The smallest absolute Gasteiger partial charge is 0.270 e. The molecule has 0 radical (unpaired) electrons. The van der Waals surface area contributed by atoms with Gasteiger partial charge in [-0.15, -0.1) is 0 Å². The Morgan fingerprint density at radius 3 is 2.44 bits per heavy atom. The summed E-state index contributed by atoms with van der Waals surface area (Å²) in [7, 11) is 0.